The van der Waals surface area contributed by atoms with Gasteiger partial charge in [0.15, 0.2) is 17.2 Å². The molecule has 3 aliphatic rings. The standard InChI is InChI=1S/C29H36O8/c1-7-27(5)15-19(37-24(33)17-11-9-8-10-12-17)22-28(6)14-18(31)23(32)26(3,4)20(28)13-21(36-16(2)30)29(22,35)25(27)34/h7-12,18-22,31,35H,1,13-15H2,2-6H3/t18-,19-,20+,21-,22-,27+,28+,29+/m1/s1. The van der Waals surface area contributed by atoms with E-state index in [1.54, 1.807) is 51.1 Å². The van der Waals surface area contributed by atoms with Crippen molar-refractivity contribution in [3.8, 4) is 0 Å². The molecule has 37 heavy (non-hydrogen) atoms. The van der Waals surface area contributed by atoms with E-state index in [9.17, 15) is 29.4 Å². The second-order valence-corrected chi connectivity index (χ2v) is 12.0. The van der Waals surface area contributed by atoms with Crippen molar-refractivity contribution in [1.29, 1.82) is 0 Å². The molecule has 4 rings (SSSR count). The molecule has 3 fully saturated rings. The van der Waals surface area contributed by atoms with Crippen molar-refractivity contribution < 1.29 is 38.9 Å². The number of allylic oxidation sites excluding steroid dienone is 1. The van der Waals surface area contributed by atoms with Crippen LogP contribution in [0.15, 0.2) is 43.0 Å². The minimum absolute atomic E-state index is 0.0306. The molecule has 200 valence electrons. The van der Waals surface area contributed by atoms with E-state index in [1.807, 2.05) is 6.92 Å². The molecule has 3 aliphatic carbocycles. The minimum Gasteiger partial charge on any atom is -0.459 e. The maximum Gasteiger partial charge on any atom is 0.338 e. The number of benzene rings is 1. The van der Waals surface area contributed by atoms with Gasteiger partial charge in [0.2, 0.25) is 0 Å². The van der Waals surface area contributed by atoms with Gasteiger partial charge in [0, 0.05) is 24.7 Å². The Morgan fingerprint density at radius 3 is 2.24 bits per heavy atom. The Morgan fingerprint density at radius 2 is 1.68 bits per heavy atom. The molecule has 1 aromatic carbocycles. The van der Waals surface area contributed by atoms with E-state index < -0.39 is 69.7 Å². The van der Waals surface area contributed by atoms with Crippen LogP contribution in [0, 0.1) is 28.1 Å². The highest BCUT2D eigenvalue weighted by Gasteiger charge is 2.75. The first-order valence-corrected chi connectivity index (χ1v) is 12.7. The number of carbonyl (C=O) groups excluding carboxylic acids is 4. The Hall–Kier alpha value is -2.84. The van der Waals surface area contributed by atoms with Gasteiger partial charge in [-0.25, -0.2) is 4.79 Å². The summed E-state index contributed by atoms with van der Waals surface area (Å²) in [5.41, 5.74) is -5.29. The quantitative estimate of drug-likeness (QED) is 0.466. The Labute approximate surface area is 217 Å². The van der Waals surface area contributed by atoms with Crippen molar-refractivity contribution in [3.05, 3.63) is 48.6 Å². The zero-order chi connectivity index (χ0) is 27.6. The first kappa shape index (κ1) is 27.2. The van der Waals surface area contributed by atoms with Crippen molar-refractivity contribution >= 4 is 23.5 Å². The van der Waals surface area contributed by atoms with Crippen molar-refractivity contribution in [2.24, 2.45) is 28.1 Å². The van der Waals surface area contributed by atoms with Gasteiger partial charge >= 0.3 is 11.9 Å². The summed E-state index contributed by atoms with van der Waals surface area (Å²) in [6.45, 7) is 11.9. The molecule has 0 saturated heterocycles. The molecule has 0 amide bonds. The van der Waals surface area contributed by atoms with E-state index in [0.717, 1.165) is 0 Å². The van der Waals surface area contributed by atoms with Crippen LogP contribution in [-0.2, 0) is 23.9 Å². The number of ether oxygens (including phenoxy) is 2. The second-order valence-electron chi connectivity index (χ2n) is 12.0. The molecule has 8 atom stereocenters. The number of rotatable bonds is 4. The molecular weight excluding hydrogens is 476 g/mol. The zero-order valence-corrected chi connectivity index (χ0v) is 22.0. The van der Waals surface area contributed by atoms with Gasteiger partial charge in [0.1, 0.15) is 18.3 Å². The fourth-order valence-corrected chi connectivity index (χ4v) is 7.57. The summed E-state index contributed by atoms with van der Waals surface area (Å²) in [6.07, 6.45) is -2.13. The van der Waals surface area contributed by atoms with Crippen LogP contribution >= 0.6 is 0 Å². The van der Waals surface area contributed by atoms with Crippen molar-refractivity contribution in [1.82, 2.24) is 0 Å². The van der Waals surface area contributed by atoms with Crippen LogP contribution in [0.2, 0.25) is 0 Å². The predicted octanol–water partition coefficient (Wildman–Crippen LogP) is 3.04. The van der Waals surface area contributed by atoms with Crippen molar-refractivity contribution in [3.63, 3.8) is 0 Å². The Morgan fingerprint density at radius 1 is 1.05 bits per heavy atom. The molecule has 0 heterocycles. The molecule has 0 aromatic heterocycles. The third kappa shape index (κ3) is 3.96. The van der Waals surface area contributed by atoms with Crippen LogP contribution in [0.5, 0.6) is 0 Å². The molecule has 3 saturated carbocycles. The van der Waals surface area contributed by atoms with E-state index in [0.29, 0.717) is 5.56 Å². The summed E-state index contributed by atoms with van der Waals surface area (Å²) >= 11 is 0. The van der Waals surface area contributed by atoms with Gasteiger partial charge < -0.3 is 19.7 Å². The molecule has 0 radical (unpaired) electrons. The lowest BCUT2D eigenvalue weighted by atomic mass is 9.40. The van der Waals surface area contributed by atoms with E-state index >= 15 is 0 Å². The van der Waals surface area contributed by atoms with E-state index in [2.05, 4.69) is 6.58 Å². The number of ketones is 2. The van der Waals surface area contributed by atoms with Gasteiger partial charge in [0.05, 0.1) is 11.0 Å². The lowest BCUT2D eigenvalue weighted by molar-refractivity contribution is -0.264. The van der Waals surface area contributed by atoms with Gasteiger partial charge in [-0.3, -0.25) is 14.4 Å². The van der Waals surface area contributed by atoms with Gasteiger partial charge in [-0.15, -0.1) is 6.58 Å². The summed E-state index contributed by atoms with van der Waals surface area (Å²) in [6, 6.07) is 8.38. The van der Waals surface area contributed by atoms with Gasteiger partial charge in [-0.1, -0.05) is 45.0 Å². The lowest BCUT2D eigenvalue weighted by Gasteiger charge is -2.66. The first-order chi connectivity index (χ1) is 17.1. The maximum atomic E-state index is 14.1. The van der Waals surface area contributed by atoms with Crippen molar-refractivity contribution in [2.45, 2.75) is 77.8 Å². The zero-order valence-electron chi connectivity index (χ0n) is 22.0. The Bertz CT molecular complexity index is 1140. The highest BCUT2D eigenvalue weighted by molar-refractivity contribution is 5.97. The lowest BCUT2D eigenvalue weighted by Crippen LogP contribution is -2.77. The molecule has 8 nitrogen and oxygen atoms in total. The molecule has 2 N–H and O–H groups in total. The number of aliphatic hydroxyl groups is 2. The number of hydrogen-bond acceptors (Lipinski definition) is 8. The van der Waals surface area contributed by atoms with E-state index in [-0.39, 0.29) is 25.0 Å². The number of hydrogen-bond donors (Lipinski definition) is 2. The fourth-order valence-electron chi connectivity index (χ4n) is 7.57. The molecular formula is C29H36O8. The smallest absolute Gasteiger partial charge is 0.338 e. The normalized spacial score (nSPS) is 40.7. The SMILES string of the molecule is C=C[C@@]1(C)C[C@@H](OC(=O)c2ccccc2)[C@@H]2[C@@]3(C)C[C@@H](O)C(=O)C(C)(C)[C@@H]3C[C@@H](OC(C)=O)[C@@]2(O)C1=O. The van der Waals surface area contributed by atoms with Crippen LogP contribution in [0.25, 0.3) is 0 Å². The van der Waals surface area contributed by atoms with Crippen molar-refractivity contribution in [2.75, 3.05) is 0 Å². The molecule has 1 aromatic rings. The average Bonchev–Trinajstić information content (AvgIpc) is 2.83. The molecule has 0 bridgehead atoms. The van der Waals surface area contributed by atoms with E-state index in [4.69, 9.17) is 9.47 Å². The summed E-state index contributed by atoms with van der Waals surface area (Å²) in [5, 5.41) is 23.2. The van der Waals surface area contributed by atoms with E-state index in [1.165, 1.54) is 13.0 Å². The average molecular weight is 513 g/mol. The highest BCUT2D eigenvalue weighted by Crippen LogP contribution is 2.66. The summed E-state index contributed by atoms with van der Waals surface area (Å²) in [7, 11) is 0. The largest absolute Gasteiger partial charge is 0.459 e. The number of Topliss-reactive ketones (excluding diaryl/α,β-unsaturated/α-hetero) is 2. The molecule has 0 unspecified atom stereocenters. The predicted molar refractivity (Wildman–Crippen MR) is 133 cm³/mol. The monoisotopic (exact) mass is 512 g/mol. The summed E-state index contributed by atoms with van der Waals surface area (Å²) in [5.74, 6) is -3.78. The number of carbonyl (C=O) groups is 4. The van der Waals surface area contributed by atoms with Gasteiger partial charge in [-0.05, 0) is 43.2 Å². The van der Waals surface area contributed by atoms with Crippen LogP contribution in [0.1, 0.15) is 64.2 Å². The van der Waals surface area contributed by atoms with Gasteiger partial charge in [0.25, 0.3) is 0 Å². The minimum atomic E-state index is -2.24. The summed E-state index contributed by atoms with van der Waals surface area (Å²) in [4.78, 5) is 52.6. The summed E-state index contributed by atoms with van der Waals surface area (Å²) < 4.78 is 11.7. The van der Waals surface area contributed by atoms with Gasteiger partial charge in [-0.2, -0.15) is 0 Å². The maximum absolute atomic E-state index is 14.1. The first-order valence-electron chi connectivity index (χ1n) is 12.7. The molecule has 0 spiro atoms. The van der Waals surface area contributed by atoms with Crippen LogP contribution in [-0.4, -0.2) is 57.6 Å². The number of esters is 2. The second kappa shape index (κ2) is 8.88. The molecule has 8 heteroatoms. The topological polar surface area (TPSA) is 127 Å². The van der Waals surface area contributed by atoms with Crippen LogP contribution in [0.3, 0.4) is 0 Å². The number of fused-ring (bicyclic) bond motifs is 3. The third-order valence-corrected chi connectivity index (χ3v) is 9.27. The molecule has 0 aliphatic heterocycles. The van der Waals surface area contributed by atoms with Crippen LogP contribution in [0.4, 0.5) is 0 Å². The van der Waals surface area contributed by atoms with Crippen LogP contribution < -0.4 is 0 Å². The Balaban J connectivity index is 1.92. The highest BCUT2D eigenvalue weighted by atomic mass is 16.6. The number of aliphatic hydroxyl groups excluding tert-OH is 1. The fraction of sp³-hybridized carbons (Fsp3) is 0.586. The Kier molecular flexibility index (Phi) is 6.53. The third-order valence-electron chi connectivity index (χ3n) is 9.27.